The van der Waals surface area contributed by atoms with Crippen LogP contribution in [-0.4, -0.2) is 33.2 Å². The molecule has 0 radical (unpaired) electrons. The van der Waals surface area contributed by atoms with E-state index in [9.17, 15) is 22.0 Å². The maximum absolute atomic E-state index is 13.6. The Kier molecular flexibility index (Phi) is 6.90. The average Bonchev–Trinajstić information content (AvgIpc) is 2.72. The van der Waals surface area contributed by atoms with Crippen molar-refractivity contribution in [2.45, 2.75) is 25.8 Å². The van der Waals surface area contributed by atoms with Crippen molar-refractivity contribution in [3.8, 4) is 0 Å². The number of hydrogen-bond acceptors (Lipinski definition) is 3. The van der Waals surface area contributed by atoms with Crippen LogP contribution in [0.5, 0.6) is 0 Å². The predicted molar refractivity (Wildman–Crippen MR) is 118 cm³/mol. The van der Waals surface area contributed by atoms with E-state index in [4.69, 9.17) is 0 Å². The first kappa shape index (κ1) is 22.7. The number of aryl methyl sites for hydroxylation is 1. The van der Waals surface area contributed by atoms with Crippen LogP contribution in [0.2, 0.25) is 0 Å². The third kappa shape index (κ3) is 5.38. The van der Waals surface area contributed by atoms with Gasteiger partial charge in [0.25, 0.3) is 0 Å². The number of sulfonamides is 1. The van der Waals surface area contributed by atoms with Crippen LogP contribution in [0, 0.1) is 11.6 Å². The Hall–Kier alpha value is -3.00. The van der Waals surface area contributed by atoms with Crippen molar-refractivity contribution in [2.75, 3.05) is 17.1 Å². The second-order valence-corrected chi connectivity index (χ2v) is 9.23. The molecule has 0 saturated heterocycles. The average molecular weight is 447 g/mol. The summed E-state index contributed by atoms with van der Waals surface area (Å²) in [5.41, 5.74) is 1.06. The molecule has 1 atom stereocenters. The first-order chi connectivity index (χ1) is 14.7. The molecule has 3 rings (SSSR count). The summed E-state index contributed by atoms with van der Waals surface area (Å²) in [6.07, 6.45) is 2.32. The van der Waals surface area contributed by atoms with E-state index < -0.39 is 33.6 Å². The molecule has 3 aromatic carbocycles. The van der Waals surface area contributed by atoms with Crippen LogP contribution in [0.3, 0.4) is 0 Å². The van der Waals surface area contributed by atoms with Gasteiger partial charge in [-0.1, -0.05) is 42.5 Å². The second-order valence-electron chi connectivity index (χ2n) is 7.37. The van der Waals surface area contributed by atoms with E-state index in [1.807, 2.05) is 36.4 Å². The fourth-order valence-corrected chi connectivity index (χ4v) is 4.75. The van der Waals surface area contributed by atoms with Gasteiger partial charge in [0, 0.05) is 12.6 Å². The van der Waals surface area contributed by atoms with Gasteiger partial charge in [-0.05, 0) is 48.2 Å². The van der Waals surface area contributed by atoms with Crippen LogP contribution in [-0.2, 0) is 21.2 Å². The number of carbonyl (C=O) groups excluding carboxylic acids is 1. The minimum absolute atomic E-state index is 0.111. The summed E-state index contributed by atoms with van der Waals surface area (Å²) >= 11 is 0. The van der Waals surface area contributed by atoms with E-state index in [0.717, 1.165) is 46.0 Å². The van der Waals surface area contributed by atoms with Gasteiger partial charge in [0.05, 0.1) is 11.9 Å². The first-order valence-electron chi connectivity index (χ1n) is 9.87. The SMILES string of the molecule is C[C@H](C(=O)NCCCc1cccc2ccccc12)N(c1ccc(F)c(F)c1)S(C)(=O)=O. The lowest BCUT2D eigenvalue weighted by Gasteiger charge is -2.28. The Labute approximate surface area is 180 Å². The van der Waals surface area contributed by atoms with Crippen LogP contribution in [0.15, 0.2) is 60.7 Å². The smallest absolute Gasteiger partial charge is 0.243 e. The fraction of sp³-hybridized carbons (Fsp3) is 0.261. The van der Waals surface area contributed by atoms with Crippen molar-refractivity contribution < 1.29 is 22.0 Å². The quantitative estimate of drug-likeness (QED) is 0.532. The molecule has 0 aliphatic heterocycles. The number of fused-ring (bicyclic) bond motifs is 1. The van der Waals surface area contributed by atoms with Crippen molar-refractivity contribution in [1.29, 1.82) is 0 Å². The summed E-state index contributed by atoms with van der Waals surface area (Å²) in [6, 6.07) is 15.7. The van der Waals surface area contributed by atoms with Gasteiger partial charge in [-0.25, -0.2) is 17.2 Å². The molecule has 0 aliphatic carbocycles. The van der Waals surface area contributed by atoms with Crippen molar-refractivity contribution in [2.24, 2.45) is 0 Å². The van der Waals surface area contributed by atoms with Crippen LogP contribution in [0.4, 0.5) is 14.5 Å². The number of halogens is 2. The number of anilines is 1. The van der Waals surface area contributed by atoms with E-state index >= 15 is 0 Å². The van der Waals surface area contributed by atoms with Crippen molar-refractivity contribution >= 4 is 32.4 Å². The highest BCUT2D eigenvalue weighted by atomic mass is 32.2. The van der Waals surface area contributed by atoms with Crippen LogP contribution < -0.4 is 9.62 Å². The summed E-state index contributed by atoms with van der Waals surface area (Å²) in [5, 5.41) is 5.04. The Bertz CT molecular complexity index is 1190. The van der Waals surface area contributed by atoms with Crippen LogP contribution >= 0.6 is 0 Å². The summed E-state index contributed by atoms with van der Waals surface area (Å²) < 4.78 is 52.1. The molecule has 3 aromatic rings. The molecule has 164 valence electrons. The van der Waals surface area contributed by atoms with Gasteiger partial charge in [-0.2, -0.15) is 0 Å². The highest BCUT2D eigenvalue weighted by Crippen LogP contribution is 2.23. The number of rotatable bonds is 8. The number of nitrogens with zero attached hydrogens (tertiary/aromatic N) is 1. The molecule has 0 spiro atoms. The van der Waals surface area contributed by atoms with Crippen LogP contribution in [0.25, 0.3) is 10.8 Å². The van der Waals surface area contributed by atoms with Gasteiger partial charge in [0.1, 0.15) is 6.04 Å². The normalized spacial score (nSPS) is 12.5. The standard InChI is InChI=1S/C23H24F2N2O3S/c1-16(27(31(2,29)30)19-12-13-21(24)22(25)15-19)23(28)26-14-6-10-18-9-5-8-17-7-3-4-11-20(17)18/h3-5,7-9,11-13,15-16H,6,10,14H2,1-2H3,(H,26,28)/t16-/m1/s1. The molecule has 0 fully saturated rings. The highest BCUT2D eigenvalue weighted by Gasteiger charge is 2.29. The lowest BCUT2D eigenvalue weighted by Crippen LogP contribution is -2.48. The molecular formula is C23H24F2N2O3S. The summed E-state index contributed by atoms with van der Waals surface area (Å²) in [6.45, 7) is 1.75. The summed E-state index contributed by atoms with van der Waals surface area (Å²) in [7, 11) is -3.91. The minimum Gasteiger partial charge on any atom is -0.354 e. The molecule has 1 N–H and O–H groups in total. The fourth-order valence-electron chi connectivity index (χ4n) is 3.58. The molecular weight excluding hydrogens is 422 g/mol. The first-order valence-corrected chi connectivity index (χ1v) is 11.7. The molecule has 0 bridgehead atoms. The van der Waals surface area contributed by atoms with Gasteiger partial charge in [-0.3, -0.25) is 9.10 Å². The van der Waals surface area contributed by atoms with Gasteiger partial charge in [0.2, 0.25) is 15.9 Å². The summed E-state index contributed by atoms with van der Waals surface area (Å²) in [5.74, 6) is -2.80. The Morgan fingerprint density at radius 2 is 1.74 bits per heavy atom. The number of amides is 1. The van der Waals surface area contributed by atoms with Gasteiger partial charge in [-0.15, -0.1) is 0 Å². The maximum Gasteiger partial charge on any atom is 0.243 e. The maximum atomic E-state index is 13.6. The Morgan fingerprint density at radius 3 is 2.45 bits per heavy atom. The minimum atomic E-state index is -3.91. The Morgan fingerprint density at radius 1 is 1.03 bits per heavy atom. The molecule has 8 heteroatoms. The van der Waals surface area contributed by atoms with Gasteiger partial charge in [0.15, 0.2) is 11.6 Å². The largest absolute Gasteiger partial charge is 0.354 e. The molecule has 31 heavy (non-hydrogen) atoms. The number of carbonyl (C=O) groups is 1. The van der Waals surface area contributed by atoms with Crippen molar-refractivity contribution in [3.63, 3.8) is 0 Å². The third-order valence-corrected chi connectivity index (χ3v) is 6.29. The second kappa shape index (κ2) is 9.43. The third-order valence-electron chi connectivity index (χ3n) is 5.05. The Balaban J connectivity index is 1.65. The lowest BCUT2D eigenvalue weighted by atomic mass is 10.0. The number of nitrogens with one attached hydrogen (secondary N) is 1. The molecule has 0 aliphatic rings. The molecule has 1 amide bonds. The molecule has 0 aromatic heterocycles. The van der Waals surface area contributed by atoms with E-state index in [2.05, 4.69) is 11.4 Å². The monoisotopic (exact) mass is 446 g/mol. The van der Waals surface area contributed by atoms with Gasteiger partial charge < -0.3 is 5.32 Å². The number of hydrogen-bond donors (Lipinski definition) is 1. The summed E-state index contributed by atoms with van der Waals surface area (Å²) in [4.78, 5) is 12.6. The highest BCUT2D eigenvalue weighted by molar-refractivity contribution is 7.92. The molecule has 5 nitrogen and oxygen atoms in total. The lowest BCUT2D eigenvalue weighted by molar-refractivity contribution is -0.121. The van der Waals surface area contributed by atoms with Crippen molar-refractivity contribution in [1.82, 2.24) is 5.32 Å². The van der Waals surface area contributed by atoms with Gasteiger partial charge >= 0.3 is 0 Å². The zero-order valence-corrected chi connectivity index (χ0v) is 18.1. The van der Waals surface area contributed by atoms with Crippen molar-refractivity contribution in [3.05, 3.63) is 77.9 Å². The topological polar surface area (TPSA) is 66.5 Å². The van der Waals surface area contributed by atoms with E-state index in [0.29, 0.717) is 13.0 Å². The molecule has 0 unspecified atom stereocenters. The van der Waals surface area contributed by atoms with E-state index in [-0.39, 0.29) is 5.69 Å². The number of benzene rings is 3. The molecule has 0 saturated carbocycles. The van der Waals surface area contributed by atoms with E-state index in [1.165, 1.54) is 12.5 Å². The zero-order chi connectivity index (χ0) is 22.6. The molecule has 0 heterocycles. The predicted octanol–water partition coefficient (Wildman–Crippen LogP) is 4.02. The zero-order valence-electron chi connectivity index (χ0n) is 17.3. The van der Waals surface area contributed by atoms with E-state index in [1.54, 1.807) is 0 Å². The van der Waals surface area contributed by atoms with Crippen LogP contribution in [0.1, 0.15) is 18.9 Å².